The first-order chi connectivity index (χ1) is 11.9. The Hall–Kier alpha value is -2.76. The van der Waals surface area contributed by atoms with E-state index >= 15 is 0 Å². The van der Waals surface area contributed by atoms with Crippen LogP contribution in [0.4, 0.5) is 5.69 Å². The Balaban J connectivity index is 2.12. The van der Waals surface area contributed by atoms with Gasteiger partial charge in [0.15, 0.2) is 5.56 Å². The lowest BCUT2D eigenvalue weighted by atomic mass is 9.98. The van der Waals surface area contributed by atoms with E-state index in [1.54, 1.807) is 0 Å². The Labute approximate surface area is 145 Å². The molecule has 0 unspecified atom stereocenters. The lowest BCUT2D eigenvalue weighted by Crippen LogP contribution is -2.20. The zero-order valence-corrected chi connectivity index (χ0v) is 14.4. The zero-order chi connectivity index (χ0) is 18.1. The van der Waals surface area contributed by atoms with Crippen molar-refractivity contribution in [3.05, 3.63) is 45.2 Å². The van der Waals surface area contributed by atoms with Crippen LogP contribution in [-0.4, -0.2) is 34.3 Å². The second-order valence-corrected chi connectivity index (χ2v) is 6.39. The fourth-order valence-electron chi connectivity index (χ4n) is 3.54. The second kappa shape index (κ2) is 6.63. The summed E-state index contributed by atoms with van der Waals surface area (Å²) in [6, 6.07) is 5.90. The predicted octanol–water partition coefficient (Wildman–Crippen LogP) is 2.92. The van der Waals surface area contributed by atoms with E-state index in [0.29, 0.717) is 17.7 Å². The molecule has 1 aromatic carbocycles. The van der Waals surface area contributed by atoms with Gasteiger partial charge in [-0.05, 0) is 49.4 Å². The quantitative estimate of drug-likeness (QED) is 0.794. The Kier molecular flexibility index (Phi) is 4.53. The summed E-state index contributed by atoms with van der Waals surface area (Å²) in [5, 5.41) is 19.4. The number of aromatic amines is 1. The van der Waals surface area contributed by atoms with Gasteiger partial charge in [-0.2, -0.15) is 0 Å². The van der Waals surface area contributed by atoms with Crippen LogP contribution >= 0.6 is 0 Å². The number of nitrogens with one attached hydrogen (secondary N) is 1. The number of aromatic nitrogens is 1. The van der Waals surface area contributed by atoms with Crippen molar-refractivity contribution in [1.82, 2.24) is 4.98 Å². The number of aryl methyl sites for hydroxylation is 1. The third-order valence-corrected chi connectivity index (χ3v) is 4.79. The van der Waals surface area contributed by atoms with Gasteiger partial charge in [-0.1, -0.05) is 13.0 Å². The largest absolute Gasteiger partial charge is 0.506 e. The van der Waals surface area contributed by atoms with Crippen LogP contribution in [0.5, 0.6) is 5.75 Å². The number of benzene rings is 1. The highest BCUT2D eigenvalue weighted by molar-refractivity contribution is 5.92. The van der Waals surface area contributed by atoms with Gasteiger partial charge in [0.05, 0.1) is 5.69 Å². The summed E-state index contributed by atoms with van der Waals surface area (Å²) in [5.41, 5.74) is 2.54. The Bertz CT molecular complexity index is 880. The molecule has 0 amide bonds. The fraction of sp³-hybridized carbons (Fsp3) is 0.368. The summed E-state index contributed by atoms with van der Waals surface area (Å²) in [6.45, 7) is 5.93. The lowest BCUT2D eigenvalue weighted by molar-refractivity contribution is 0.0691. The van der Waals surface area contributed by atoms with Crippen LogP contribution in [-0.2, 0) is 6.42 Å². The molecule has 6 heteroatoms. The molecule has 1 fully saturated rings. The molecule has 0 radical (unpaired) electrons. The molecule has 1 saturated heterocycles. The maximum absolute atomic E-state index is 12.1. The first-order valence-corrected chi connectivity index (χ1v) is 8.51. The lowest BCUT2D eigenvalue weighted by Gasteiger charge is -2.21. The monoisotopic (exact) mass is 342 g/mol. The molecule has 1 aliphatic rings. The average molecular weight is 342 g/mol. The topological polar surface area (TPSA) is 93.6 Å². The van der Waals surface area contributed by atoms with E-state index in [-0.39, 0.29) is 0 Å². The first kappa shape index (κ1) is 17.1. The maximum Gasteiger partial charge on any atom is 0.345 e. The van der Waals surface area contributed by atoms with Crippen LogP contribution in [0.1, 0.15) is 41.3 Å². The number of nitrogens with zero attached hydrogens (tertiary/aromatic N) is 1. The summed E-state index contributed by atoms with van der Waals surface area (Å²) in [5.74, 6) is -1.88. The number of hydrogen-bond donors (Lipinski definition) is 3. The SMILES string of the molecule is CCc1c(-c2ccc(N3CCCC3)c(C)c2)[nH]c(=O)c(C(=O)O)c1O. The van der Waals surface area contributed by atoms with Gasteiger partial charge in [0, 0.05) is 24.3 Å². The molecule has 0 aliphatic carbocycles. The first-order valence-electron chi connectivity index (χ1n) is 8.51. The summed E-state index contributed by atoms with van der Waals surface area (Å²) in [6.07, 6.45) is 2.79. The maximum atomic E-state index is 12.1. The van der Waals surface area contributed by atoms with Gasteiger partial charge >= 0.3 is 5.97 Å². The molecule has 25 heavy (non-hydrogen) atoms. The number of pyridine rings is 1. The van der Waals surface area contributed by atoms with Crippen molar-refractivity contribution in [2.24, 2.45) is 0 Å². The van der Waals surface area contributed by atoms with Gasteiger partial charge in [0.2, 0.25) is 0 Å². The highest BCUT2D eigenvalue weighted by Gasteiger charge is 2.22. The minimum atomic E-state index is -1.43. The fourth-order valence-corrected chi connectivity index (χ4v) is 3.54. The number of carboxylic acid groups (broad SMARTS) is 1. The molecular formula is C19H22N2O4. The summed E-state index contributed by atoms with van der Waals surface area (Å²) < 4.78 is 0. The predicted molar refractivity (Wildman–Crippen MR) is 96.7 cm³/mol. The highest BCUT2D eigenvalue weighted by Crippen LogP contribution is 2.33. The highest BCUT2D eigenvalue weighted by atomic mass is 16.4. The number of hydrogen-bond acceptors (Lipinski definition) is 4. The van der Waals surface area contributed by atoms with E-state index in [4.69, 9.17) is 5.11 Å². The molecule has 1 aromatic heterocycles. The molecule has 1 aliphatic heterocycles. The van der Waals surface area contributed by atoms with Gasteiger partial charge < -0.3 is 20.1 Å². The number of anilines is 1. The van der Waals surface area contributed by atoms with Crippen molar-refractivity contribution in [3.8, 4) is 17.0 Å². The minimum Gasteiger partial charge on any atom is -0.506 e. The van der Waals surface area contributed by atoms with E-state index in [0.717, 1.165) is 24.2 Å². The number of carbonyl (C=O) groups is 1. The summed E-state index contributed by atoms with van der Waals surface area (Å²) in [7, 11) is 0. The number of aromatic carboxylic acids is 1. The van der Waals surface area contributed by atoms with Gasteiger partial charge in [-0.15, -0.1) is 0 Å². The Morgan fingerprint density at radius 3 is 2.52 bits per heavy atom. The molecule has 0 spiro atoms. The minimum absolute atomic E-state index is 0.408. The van der Waals surface area contributed by atoms with Crippen LogP contribution < -0.4 is 10.5 Å². The van der Waals surface area contributed by atoms with Crippen LogP contribution in [0, 0.1) is 6.92 Å². The number of H-pyrrole nitrogens is 1. The van der Waals surface area contributed by atoms with Gasteiger partial charge in [0.25, 0.3) is 5.56 Å². The Morgan fingerprint density at radius 1 is 1.28 bits per heavy atom. The molecule has 3 N–H and O–H groups in total. The van der Waals surface area contributed by atoms with E-state index in [1.807, 2.05) is 32.0 Å². The van der Waals surface area contributed by atoms with Gasteiger partial charge in [0.1, 0.15) is 5.75 Å². The van der Waals surface area contributed by atoms with Crippen LogP contribution in [0.25, 0.3) is 11.3 Å². The Morgan fingerprint density at radius 2 is 1.96 bits per heavy atom. The van der Waals surface area contributed by atoms with Crippen LogP contribution in [0.3, 0.4) is 0 Å². The van der Waals surface area contributed by atoms with Crippen molar-refractivity contribution in [2.75, 3.05) is 18.0 Å². The van der Waals surface area contributed by atoms with Crippen molar-refractivity contribution in [1.29, 1.82) is 0 Å². The van der Waals surface area contributed by atoms with Crippen LogP contribution in [0.2, 0.25) is 0 Å². The third-order valence-electron chi connectivity index (χ3n) is 4.79. The van der Waals surface area contributed by atoms with E-state index in [2.05, 4.69) is 9.88 Å². The van der Waals surface area contributed by atoms with Gasteiger partial charge in [-0.3, -0.25) is 4.79 Å². The third kappa shape index (κ3) is 2.99. The molecular weight excluding hydrogens is 320 g/mol. The average Bonchev–Trinajstić information content (AvgIpc) is 3.08. The van der Waals surface area contributed by atoms with Crippen molar-refractivity contribution in [3.63, 3.8) is 0 Å². The standard InChI is InChI=1S/C19H22N2O4/c1-3-13-16(20-18(23)15(17(13)22)19(24)25)12-6-7-14(11(2)10-12)21-8-4-5-9-21/h6-7,10H,3-5,8-9H2,1-2H3,(H,24,25)(H2,20,22,23). The van der Waals surface area contributed by atoms with Crippen molar-refractivity contribution in [2.45, 2.75) is 33.1 Å². The van der Waals surface area contributed by atoms with Crippen molar-refractivity contribution >= 4 is 11.7 Å². The van der Waals surface area contributed by atoms with E-state index < -0.39 is 22.8 Å². The van der Waals surface area contributed by atoms with E-state index in [1.165, 1.54) is 18.5 Å². The smallest absolute Gasteiger partial charge is 0.345 e. The molecule has 2 heterocycles. The number of rotatable bonds is 4. The second-order valence-electron chi connectivity index (χ2n) is 6.39. The zero-order valence-electron chi connectivity index (χ0n) is 14.4. The molecule has 132 valence electrons. The normalized spacial score (nSPS) is 14.1. The van der Waals surface area contributed by atoms with E-state index in [9.17, 15) is 14.7 Å². The molecule has 0 saturated carbocycles. The number of carboxylic acids is 1. The summed E-state index contributed by atoms with van der Waals surface area (Å²) in [4.78, 5) is 28.3. The molecule has 2 aromatic rings. The molecule has 0 atom stereocenters. The van der Waals surface area contributed by atoms with Gasteiger partial charge in [-0.25, -0.2) is 4.79 Å². The van der Waals surface area contributed by atoms with Crippen molar-refractivity contribution < 1.29 is 15.0 Å². The molecule has 6 nitrogen and oxygen atoms in total. The number of aromatic hydroxyl groups is 1. The molecule has 3 rings (SSSR count). The summed E-state index contributed by atoms with van der Waals surface area (Å²) >= 11 is 0. The van der Waals surface area contributed by atoms with Crippen LogP contribution in [0.15, 0.2) is 23.0 Å². The molecule has 0 bridgehead atoms.